The SMILES string of the molecule is Cl.Cl.NC1CCC(Nc2nc(N(N)c3c(Cl)cccc3Cl)c3ncn(C4CCCC4)c3n2)CC1. The number of halogens is 4. The quantitative estimate of drug-likeness (QED) is 0.274. The van der Waals surface area contributed by atoms with Gasteiger partial charge in [-0.05, 0) is 50.7 Å². The van der Waals surface area contributed by atoms with Gasteiger partial charge in [0.2, 0.25) is 5.95 Å². The predicted octanol–water partition coefficient (Wildman–Crippen LogP) is 5.79. The van der Waals surface area contributed by atoms with E-state index in [-0.39, 0.29) is 36.9 Å². The third-order valence-corrected chi connectivity index (χ3v) is 7.24. The Morgan fingerprint density at radius 2 is 1.62 bits per heavy atom. The first-order chi connectivity index (χ1) is 15.5. The Morgan fingerprint density at radius 1 is 0.971 bits per heavy atom. The van der Waals surface area contributed by atoms with E-state index in [9.17, 15) is 0 Å². The van der Waals surface area contributed by atoms with Gasteiger partial charge in [0.05, 0.1) is 22.1 Å². The second-order valence-electron chi connectivity index (χ2n) is 8.83. The van der Waals surface area contributed by atoms with Crippen molar-refractivity contribution in [3.63, 3.8) is 0 Å². The van der Waals surface area contributed by atoms with E-state index in [1.165, 1.54) is 17.9 Å². The molecule has 2 heterocycles. The summed E-state index contributed by atoms with van der Waals surface area (Å²) in [6, 6.07) is 6.23. The van der Waals surface area contributed by atoms with Crippen molar-refractivity contribution >= 4 is 76.6 Å². The largest absolute Gasteiger partial charge is 0.351 e. The molecule has 0 unspecified atom stereocenters. The first kappa shape index (κ1) is 27.0. The maximum Gasteiger partial charge on any atom is 0.227 e. The summed E-state index contributed by atoms with van der Waals surface area (Å²) in [6.07, 6.45) is 10.5. The maximum atomic E-state index is 6.55. The lowest BCUT2D eigenvalue weighted by atomic mass is 9.92. The number of nitrogens with one attached hydrogen (secondary N) is 1. The van der Waals surface area contributed by atoms with Crippen LogP contribution in [0.2, 0.25) is 10.0 Å². The van der Waals surface area contributed by atoms with Gasteiger partial charge in [-0.25, -0.2) is 10.8 Å². The molecule has 2 aliphatic carbocycles. The highest BCUT2D eigenvalue weighted by Gasteiger charge is 2.26. The molecule has 0 atom stereocenters. The van der Waals surface area contributed by atoms with E-state index >= 15 is 0 Å². The van der Waals surface area contributed by atoms with Crippen molar-refractivity contribution < 1.29 is 0 Å². The van der Waals surface area contributed by atoms with Crippen molar-refractivity contribution in [2.24, 2.45) is 11.6 Å². The van der Waals surface area contributed by atoms with Gasteiger partial charge >= 0.3 is 0 Å². The van der Waals surface area contributed by atoms with Crippen molar-refractivity contribution in [1.29, 1.82) is 0 Å². The fourth-order valence-electron chi connectivity index (χ4n) is 4.85. The van der Waals surface area contributed by atoms with Gasteiger partial charge in [-0.15, -0.1) is 24.8 Å². The van der Waals surface area contributed by atoms with Crippen LogP contribution in [0.1, 0.15) is 57.4 Å². The zero-order chi connectivity index (χ0) is 22.2. The van der Waals surface area contributed by atoms with E-state index in [4.69, 9.17) is 44.7 Å². The smallest absolute Gasteiger partial charge is 0.227 e. The number of benzene rings is 1. The van der Waals surface area contributed by atoms with Crippen LogP contribution in [0.4, 0.5) is 17.5 Å². The molecule has 5 rings (SSSR count). The first-order valence-corrected chi connectivity index (χ1v) is 12.0. The van der Waals surface area contributed by atoms with E-state index in [1.807, 2.05) is 6.33 Å². The Kier molecular flexibility index (Phi) is 9.11. The topological polar surface area (TPSA) is 111 Å². The minimum absolute atomic E-state index is 0. The zero-order valence-electron chi connectivity index (χ0n) is 18.7. The Balaban J connectivity index is 0.00000162. The van der Waals surface area contributed by atoms with Crippen LogP contribution in [0, 0.1) is 0 Å². The normalized spacial score (nSPS) is 20.6. The van der Waals surface area contributed by atoms with Gasteiger partial charge in [0.1, 0.15) is 0 Å². The minimum Gasteiger partial charge on any atom is -0.351 e. The van der Waals surface area contributed by atoms with E-state index in [0.717, 1.165) is 44.2 Å². The highest BCUT2D eigenvalue weighted by molar-refractivity contribution is 6.39. The molecule has 0 amide bonds. The summed E-state index contributed by atoms with van der Waals surface area (Å²) in [5.41, 5.74) is 7.97. The molecule has 2 aliphatic rings. The lowest BCUT2D eigenvalue weighted by Crippen LogP contribution is -2.33. The first-order valence-electron chi connectivity index (χ1n) is 11.3. The van der Waals surface area contributed by atoms with Gasteiger partial charge in [-0.1, -0.05) is 42.1 Å². The van der Waals surface area contributed by atoms with Crippen LogP contribution < -0.4 is 21.9 Å². The average molecular weight is 548 g/mol. The average Bonchev–Trinajstić information content (AvgIpc) is 3.44. The number of nitrogens with two attached hydrogens (primary N) is 2. The third kappa shape index (κ3) is 5.32. The monoisotopic (exact) mass is 546 g/mol. The molecule has 8 nitrogen and oxygen atoms in total. The van der Waals surface area contributed by atoms with Gasteiger partial charge in [-0.2, -0.15) is 9.97 Å². The molecule has 0 radical (unpaired) electrons. The molecule has 5 N–H and O–H groups in total. The third-order valence-electron chi connectivity index (χ3n) is 6.63. The van der Waals surface area contributed by atoms with Crippen LogP contribution in [0.25, 0.3) is 11.2 Å². The second kappa shape index (κ2) is 11.5. The van der Waals surface area contributed by atoms with Gasteiger partial charge in [0.25, 0.3) is 0 Å². The lowest BCUT2D eigenvalue weighted by Gasteiger charge is -2.27. The molecule has 0 saturated heterocycles. The highest BCUT2D eigenvalue weighted by atomic mass is 35.5. The molecule has 1 aromatic carbocycles. The van der Waals surface area contributed by atoms with Gasteiger partial charge in [0, 0.05) is 18.1 Å². The summed E-state index contributed by atoms with van der Waals surface area (Å²) in [6.45, 7) is 0. The van der Waals surface area contributed by atoms with Crippen molar-refractivity contribution in [3.05, 3.63) is 34.6 Å². The fourth-order valence-corrected chi connectivity index (χ4v) is 5.43. The summed E-state index contributed by atoms with van der Waals surface area (Å²) in [5, 5.41) is 5.81. The zero-order valence-corrected chi connectivity index (χ0v) is 21.8. The number of imidazole rings is 1. The van der Waals surface area contributed by atoms with Gasteiger partial charge < -0.3 is 15.6 Å². The van der Waals surface area contributed by atoms with E-state index < -0.39 is 0 Å². The number of rotatable bonds is 5. The summed E-state index contributed by atoms with van der Waals surface area (Å²) in [4.78, 5) is 14.3. The molecule has 3 aromatic rings. The van der Waals surface area contributed by atoms with Gasteiger partial charge in [0.15, 0.2) is 17.0 Å². The molecule has 0 aliphatic heterocycles. The summed E-state index contributed by atoms with van der Waals surface area (Å²) >= 11 is 12.9. The second-order valence-corrected chi connectivity index (χ2v) is 9.64. The van der Waals surface area contributed by atoms with Crippen molar-refractivity contribution in [1.82, 2.24) is 19.5 Å². The van der Waals surface area contributed by atoms with Crippen LogP contribution in [-0.2, 0) is 0 Å². The molecule has 186 valence electrons. The van der Waals surface area contributed by atoms with Crippen molar-refractivity contribution in [3.8, 4) is 0 Å². The van der Waals surface area contributed by atoms with Crippen LogP contribution >= 0.6 is 48.0 Å². The minimum atomic E-state index is 0. The molecule has 12 heteroatoms. The van der Waals surface area contributed by atoms with Crippen molar-refractivity contribution in [2.75, 3.05) is 10.3 Å². The Hall–Kier alpha value is -1.55. The Labute approximate surface area is 221 Å². The number of fused-ring (bicyclic) bond motifs is 1. The van der Waals surface area contributed by atoms with E-state index in [2.05, 4.69) is 14.9 Å². The summed E-state index contributed by atoms with van der Waals surface area (Å²) < 4.78 is 2.16. The summed E-state index contributed by atoms with van der Waals surface area (Å²) in [5.74, 6) is 7.55. The number of hydrogen-bond donors (Lipinski definition) is 3. The molecule has 34 heavy (non-hydrogen) atoms. The Morgan fingerprint density at radius 3 is 2.26 bits per heavy atom. The number of para-hydroxylation sites is 1. The van der Waals surface area contributed by atoms with E-state index in [0.29, 0.717) is 39.1 Å². The molecule has 0 spiro atoms. The lowest BCUT2D eigenvalue weighted by molar-refractivity contribution is 0.410. The van der Waals surface area contributed by atoms with Crippen LogP contribution in [0.5, 0.6) is 0 Å². The number of nitrogens with zero attached hydrogens (tertiary/aromatic N) is 5. The molecular formula is C22H30Cl4N8. The molecule has 2 fully saturated rings. The van der Waals surface area contributed by atoms with Crippen molar-refractivity contribution in [2.45, 2.75) is 69.5 Å². The van der Waals surface area contributed by atoms with Crippen LogP contribution in [0.3, 0.4) is 0 Å². The number of anilines is 3. The molecular weight excluding hydrogens is 518 g/mol. The highest BCUT2D eigenvalue weighted by Crippen LogP contribution is 2.39. The number of aromatic nitrogens is 4. The Bertz CT molecular complexity index is 1090. The molecule has 0 bridgehead atoms. The standard InChI is InChI=1S/C22H28Cl2N8.2ClH/c23-16-6-3-7-17(24)19(16)32(26)21-18-20(31(12-27-18)15-4-1-2-5-15)29-22(30-21)28-14-10-8-13(25)9-11-14;;/h3,6-7,12-15H,1-2,4-5,8-11,25-26H2,(H,28,29,30);2*1H. The van der Waals surface area contributed by atoms with Crippen LogP contribution in [0.15, 0.2) is 24.5 Å². The van der Waals surface area contributed by atoms with E-state index in [1.54, 1.807) is 18.2 Å². The molecule has 2 aromatic heterocycles. The van der Waals surface area contributed by atoms with Gasteiger partial charge in [-0.3, -0.25) is 5.01 Å². The number of hydrogen-bond acceptors (Lipinski definition) is 7. The van der Waals surface area contributed by atoms with Crippen LogP contribution in [-0.4, -0.2) is 31.6 Å². The number of hydrazine groups is 1. The predicted molar refractivity (Wildman–Crippen MR) is 144 cm³/mol. The fraction of sp³-hybridized carbons (Fsp3) is 0.500. The summed E-state index contributed by atoms with van der Waals surface area (Å²) in [7, 11) is 0. The maximum absolute atomic E-state index is 6.55. The molecule has 2 saturated carbocycles.